The number of fused-ring (bicyclic) bond motifs is 1. The van der Waals surface area contributed by atoms with Crippen molar-refractivity contribution in [2.45, 2.75) is 13.0 Å². The lowest BCUT2D eigenvalue weighted by Crippen LogP contribution is -2.25. The first-order chi connectivity index (χ1) is 13.0. The number of carbonyl (C=O) groups is 1. The minimum atomic E-state index is -2.95. The molecule has 1 heterocycles. The predicted molar refractivity (Wildman–Crippen MR) is 93.2 cm³/mol. The van der Waals surface area contributed by atoms with Crippen LogP contribution in [-0.4, -0.2) is 33.0 Å². The molecule has 0 radical (unpaired) electrons. The van der Waals surface area contributed by atoms with Crippen LogP contribution in [0.25, 0.3) is 0 Å². The van der Waals surface area contributed by atoms with E-state index < -0.39 is 6.61 Å². The summed E-state index contributed by atoms with van der Waals surface area (Å²) in [4.78, 5) is 12.3. The van der Waals surface area contributed by atoms with Crippen LogP contribution in [0.2, 0.25) is 5.02 Å². The maximum atomic E-state index is 12.5. The fraction of sp³-hybridized carbons (Fsp3) is 0.278. The fourth-order valence-corrected chi connectivity index (χ4v) is 2.85. The Morgan fingerprint density at radius 1 is 1.26 bits per heavy atom. The van der Waals surface area contributed by atoms with E-state index in [0.717, 1.165) is 0 Å². The van der Waals surface area contributed by atoms with Gasteiger partial charge in [0.05, 0.1) is 12.1 Å². The number of benzene rings is 2. The number of halogens is 3. The van der Waals surface area contributed by atoms with Gasteiger partial charge in [0, 0.05) is 12.1 Å². The number of amides is 1. The van der Waals surface area contributed by atoms with Crippen LogP contribution < -0.4 is 24.3 Å². The molecule has 0 spiro atoms. The summed E-state index contributed by atoms with van der Waals surface area (Å²) in [6.07, 6.45) is 0.410. The monoisotopic (exact) mass is 399 g/mol. The zero-order chi connectivity index (χ0) is 19.4. The maximum absolute atomic E-state index is 12.5. The topological polar surface area (TPSA) is 66.0 Å². The quantitative estimate of drug-likeness (QED) is 0.769. The normalized spacial score (nSPS) is 12.2. The first kappa shape index (κ1) is 19.0. The molecule has 144 valence electrons. The van der Waals surface area contributed by atoms with Crippen molar-refractivity contribution in [3.63, 3.8) is 0 Å². The second kappa shape index (κ2) is 8.30. The average Bonchev–Trinajstić information content (AvgIpc) is 3.10. The Morgan fingerprint density at radius 2 is 2.07 bits per heavy atom. The number of methoxy groups -OCH3 is 1. The van der Waals surface area contributed by atoms with Gasteiger partial charge in [0.15, 0.2) is 23.0 Å². The minimum Gasteiger partial charge on any atom is -0.493 e. The molecule has 0 fully saturated rings. The summed E-state index contributed by atoms with van der Waals surface area (Å²) in [5.74, 6) is 0.638. The van der Waals surface area contributed by atoms with Crippen molar-refractivity contribution in [1.82, 2.24) is 5.32 Å². The zero-order valence-corrected chi connectivity index (χ0v) is 15.0. The highest BCUT2D eigenvalue weighted by Crippen LogP contribution is 2.39. The molecule has 9 heteroatoms. The standard InChI is InChI=1S/C18H16ClF2NO5/c1-24-13-3-2-10(6-14(13)27-18(20)21)4-5-22-17(23)11-7-12(19)16-15(8-11)25-9-26-16/h2-3,6-8,18H,4-5,9H2,1H3,(H,22,23). The fourth-order valence-electron chi connectivity index (χ4n) is 2.59. The molecule has 0 aromatic heterocycles. The highest BCUT2D eigenvalue weighted by molar-refractivity contribution is 6.32. The number of alkyl halides is 2. The summed E-state index contributed by atoms with van der Waals surface area (Å²) in [6, 6.07) is 7.74. The SMILES string of the molecule is COc1ccc(CCNC(=O)c2cc(Cl)c3c(c2)OCO3)cc1OC(F)F. The van der Waals surface area contributed by atoms with Crippen LogP contribution in [0.4, 0.5) is 8.78 Å². The van der Waals surface area contributed by atoms with Crippen molar-refractivity contribution in [1.29, 1.82) is 0 Å². The molecule has 0 unspecified atom stereocenters. The molecule has 0 bridgehead atoms. The second-order valence-corrected chi connectivity index (χ2v) is 5.97. The highest BCUT2D eigenvalue weighted by atomic mass is 35.5. The van der Waals surface area contributed by atoms with E-state index in [1.807, 2.05) is 0 Å². The molecule has 3 rings (SSSR count). The summed E-state index contributed by atoms with van der Waals surface area (Å²) >= 11 is 6.06. The Morgan fingerprint density at radius 3 is 2.81 bits per heavy atom. The van der Waals surface area contributed by atoms with Gasteiger partial charge < -0.3 is 24.3 Å². The van der Waals surface area contributed by atoms with Gasteiger partial charge in [-0.1, -0.05) is 17.7 Å². The van der Waals surface area contributed by atoms with Crippen LogP contribution in [0, 0.1) is 0 Å². The summed E-state index contributed by atoms with van der Waals surface area (Å²) in [5, 5.41) is 3.03. The van der Waals surface area contributed by atoms with Crippen LogP contribution in [0.1, 0.15) is 15.9 Å². The summed E-state index contributed by atoms with van der Waals surface area (Å²) in [6.45, 7) is -2.61. The molecule has 0 saturated heterocycles. The van der Waals surface area contributed by atoms with Gasteiger partial charge in [-0.3, -0.25) is 4.79 Å². The third-order valence-corrected chi connectivity index (χ3v) is 4.11. The van der Waals surface area contributed by atoms with E-state index >= 15 is 0 Å². The Balaban J connectivity index is 1.61. The first-order valence-corrected chi connectivity index (χ1v) is 8.35. The number of rotatable bonds is 7. The molecule has 0 atom stereocenters. The number of hydrogen-bond acceptors (Lipinski definition) is 5. The highest BCUT2D eigenvalue weighted by Gasteiger charge is 2.20. The lowest BCUT2D eigenvalue weighted by Gasteiger charge is -2.12. The van der Waals surface area contributed by atoms with Crippen LogP contribution in [0.3, 0.4) is 0 Å². The van der Waals surface area contributed by atoms with Gasteiger partial charge in [0.1, 0.15) is 0 Å². The van der Waals surface area contributed by atoms with Crippen molar-refractivity contribution in [2.75, 3.05) is 20.4 Å². The van der Waals surface area contributed by atoms with Gasteiger partial charge in [-0.05, 0) is 36.2 Å². The molecule has 0 saturated carbocycles. The van der Waals surface area contributed by atoms with Crippen LogP contribution in [0.15, 0.2) is 30.3 Å². The molecule has 2 aromatic rings. The van der Waals surface area contributed by atoms with E-state index in [-0.39, 0.29) is 30.7 Å². The molecule has 0 aliphatic carbocycles. The van der Waals surface area contributed by atoms with Crippen LogP contribution in [0.5, 0.6) is 23.0 Å². The molecule has 1 aliphatic rings. The Hall–Kier alpha value is -2.74. The molecule has 1 aliphatic heterocycles. The third kappa shape index (κ3) is 4.51. The number of hydrogen-bond donors (Lipinski definition) is 1. The first-order valence-electron chi connectivity index (χ1n) is 7.97. The lowest BCUT2D eigenvalue weighted by molar-refractivity contribution is -0.0512. The van der Waals surface area contributed by atoms with E-state index in [9.17, 15) is 13.6 Å². The van der Waals surface area contributed by atoms with E-state index in [1.165, 1.54) is 25.3 Å². The van der Waals surface area contributed by atoms with Gasteiger partial charge in [-0.15, -0.1) is 0 Å². The lowest BCUT2D eigenvalue weighted by atomic mass is 10.1. The molecule has 27 heavy (non-hydrogen) atoms. The van der Waals surface area contributed by atoms with Gasteiger partial charge in [-0.25, -0.2) is 0 Å². The minimum absolute atomic E-state index is 0.0562. The summed E-state index contributed by atoms with van der Waals surface area (Å²) in [7, 11) is 1.37. The van der Waals surface area contributed by atoms with E-state index in [2.05, 4.69) is 10.1 Å². The second-order valence-electron chi connectivity index (χ2n) is 5.56. The number of carbonyl (C=O) groups excluding carboxylic acids is 1. The smallest absolute Gasteiger partial charge is 0.387 e. The predicted octanol–water partition coefficient (Wildman–Crippen LogP) is 3.65. The van der Waals surface area contributed by atoms with E-state index in [0.29, 0.717) is 34.1 Å². The Labute approximate surface area is 158 Å². The van der Waals surface area contributed by atoms with Crippen LogP contribution in [-0.2, 0) is 6.42 Å². The molecule has 1 amide bonds. The third-order valence-electron chi connectivity index (χ3n) is 3.83. The maximum Gasteiger partial charge on any atom is 0.387 e. The molecule has 6 nitrogen and oxygen atoms in total. The van der Waals surface area contributed by atoms with Gasteiger partial charge in [-0.2, -0.15) is 8.78 Å². The van der Waals surface area contributed by atoms with E-state index in [1.54, 1.807) is 12.1 Å². The summed E-state index contributed by atoms with van der Waals surface area (Å²) < 4.78 is 44.8. The van der Waals surface area contributed by atoms with Crippen LogP contribution >= 0.6 is 11.6 Å². The Kier molecular flexibility index (Phi) is 5.85. The molecule has 2 aromatic carbocycles. The largest absolute Gasteiger partial charge is 0.493 e. The number of nitrogens with one attached hydrogen (secondary N) is 1. The van der Waals surface area contributed by atoms with Gasteiger partial charge >= 0.3 is 6.61 Å². The molecule has 1 N–H and O–H groups in total. The number of ether oxygens (including phenoxy) is 4. The van der Waals surface area contributed by atoms with Gasteiger partial charge in [0.2, 0.25) is 6.79 Å². The van der Waals surface area contributed by atoms with Crippen molar-refractivity contribution in [3.05, 3.63) is 46.5 Å². The summed E-state index contributed by atoms with van der Waals surface area (Å²) in [5.41, 5.74) is 1.04. The molecular weight excluding hydrogens is 384 g/mol. The Bertz CT molecular complexity index is 847. The van der Waals surface area contributed by atoms with Crippen molar-refractivity contribution in [3.8, 4) is 23.0 Å². The van der Waals surface area contributed by atoms with Crippen molar-refractivity contribution in [2.24, 2.45) is 0 Å². The van der Waals surface area contributed by atoms with Crippen molar-refractivity contribution < 1.29 is 32.5 Å². The average molecular weight is 400 g/mol. The molecular formula is C18H16ClF2NO5. The van der Waals surface area contributed by atoms with E-state index in [4.69, 9.17) is 25.8 Å². The zero-order valence-electron chi connectivity index (χ0n) is 14.3. The van der Waals surface area contributed by atoms with Crippen molar-refractivity contribution >= 4 is 17.5 Å². The van der Waals surface area contributed by atoms with Gasteiger partial charge in [0.25, 0.3) is 5.91 Å².